The van der Waals surface area contributed by atoms with E-state index in [1.54, 1.807) is 24.4 Å². The number of anilines is 2. The highest BCUT2D eigenvalue weighted by Crippen LogP contribution is 2.22. The third-order valence-corrected chi connectivity index (χ3v) is 5.65. The van der Waals surface area contributed by atoms with E-state index < -0.39 is 5.91 Å². The molecule has 1 saturated heterocycles. The summed E-state index contributed by atoms with van der Waals surface area (Å²) in [5.74, 6) is 1.40. The lowest BCUT2D eigenvalue weighted by molar-refractivity contribution is 0.102. The number of piperidine rings is 1. The van der Waals surface area contributed by atoms with Gasteiger partial charge in [0.15, 0.2) is 0 Å². The van der Waals surface area contributed by atoms with Crippen LogP contribution in [0.3, 0.4) is 0 Å². The van der Waals surface area contributed by atoms with E-state index in [1.807, 2.05) is 18.4 Å². The van der Waals surface area contributed by atoms with Gasteiger partial charge in [0, 0.05) is 37.6 Å². The molecule has 8 nitrogen and oxygen atoms in total. The molecule has 0 atom stereocenters. The molecule has 156 valence electrons. The largest absolute Gasteiger partial charge is 0.356 e. The number of aryl methyl sites for hydroxylation is 2. The fourth-order valence-corrected chi connectivity index (χ4v) is 3.77. The van der Waals surface area contributed by atoms with Gasteiger partial charge in [0.2, 0.25) is 5.43 Å². The van der Waals surface area contributed by atoms with Crippen molar-refractivity contribution in [2.24, 2.45) is 5.92 Å². The van der Waals surface area contributed by atoms with Gasteiger partial charge >= 0.3 is 0 Å². The SMILES string of the molecule is CCn1cc(C(=O)Nc2cc(N3CCC(C)CC3)ncn2)c(=O)c2ccc(C)nc21. The Hall–Kier alpha value is -3.29. The Bertz CT molecular complexity index is 1150. The molecule has 1 aliphatic rings. The van der Waals surface area contributed by atoms with Gasteiger partial charge in [-0.15, -0.1) is 0 Å². The van der Waals surface area contributed by atoms with Crippen LogP contribution in [0.15, 0.2) is 35.5 Å². The lowest BCUT2D eigenvalue weighted by Gasteiger charge is -2.31. The van der Waals surface area contributed by atoms with Gasteiger partial charge in [0.1, 0.15) is 29.2 Å². The molecule has 0 spiro atoms. The molecule has 1 N–H and O–H groups in total. The standard InChI is InChI=1S/C22H26N6O2/c1-4-27-12-17(20(29)16-6-5-15(3)25-21(16)27)22(30)26-18-11-19(24-13-23-18)28-9-7-14(2)8-10-28/h5-6,11-14H,4,7-10H2,1-3H3,(H,23,24,26,30). The molecular weight excluding hydrogens is 380 g/mol. The van der Waals surface area contributed by atoms with Crippen LogP contribution in [-0.2, 0) is 6.54 Å². The maximum atomic E-state index is 12.9. The first-order valence-corrected chi connectivity index (χ1v) is 10.4. The minimum Gasteiger partial charge on any atom is -0.356 e. The molecule has 3 aromatic heterocycles. The zero-order valence-corrected chi connectivity index (χ0v) is 17.6. The summed E-state index contributed by atoms with van der Waals surface area (Å²) in [5, 5.41) is 3.20. The summed E-state index contributed by atoms with van der Waals surface area (Å²) >= 11 is 0. The molecule has 1 amide bonds. The average molecular weight is 406 g/mol. The topological polar surface area (TPSA) is 93.0 Å². The lowest BCUT2D eigenvalue weighted by Crippen LogP contribution is -2.33. The van der Waals surface area contributed by atoms with E-state index in [-0.39, 0.29) is 11.0 Å². The Morgan fingerprint density at radius 1 is 1.23 bits per heavy atom. The Labute approximate surface area is 175 Å². The summed E-state index contributed by atoms with van der Waals surface area (Å²) in [6, 6.07) is 5.27. The molecule has 0 unspecified atom stereocenters. The van der Waals surface area contributed by atoms with Gasteiger partial charge in [-0.1, -0.05) is 6.92 Å². The minimum atomic E-state index is -0.485. The zero-order chi connectivity index (χ0) is 21.3. The number of nitrogens with zero attached hydrogens (tertiary/aromatic N) is 5. The van der Waals surface area contributed by atoms with Crippen LogP contribution in [0, 0.1) is 12.8 Å². The average Bonchev–Trinajstić information content (AvgIpc) is 2.74. The van der Waals surface area contributed by atoms with Crippen LogP contribution in [0.4, 0.5) is 11.6 Å². The number of amides is 1. The van der Waals surface area contributed by atoms with Gasteiger partial charge in [-0.3, -0.25) is 9.59 Å². The van der Waals surface area contributed by atoms with Gasteiger partial charge in [-0.25, -0.2) is 15.0 Å². The molecule has 30 heavy (non-hydrogen) atoms. The van der Waals surface area contributed by atoms with Crippen molar-refractivity contribution >= 4 is 28.6 Å². The molecule has 4 rings (SSSR count). The van der Waals surface area contributed by atoms with E-state index in [9.17, 15) is 9.59 Å². The second kappa shape index (κ2) is 8.22. The first-order chi connectivity index (χ1) is 14.5. The predicted octanol–water partition coefficient (Wildman–Crippen LogP) is 3.00. The Balaban J connectivity index is 1.62. The van der Waals surface area contributed by atoms with E-state index in [1.165, 1.54) is 6.33 Å². The zero-order valence-electron chi connectivity index (χ0n) is 17.6. The van der Waals surface area contributed by atoms with Crippen molar-refractivity contribution in [2.75, 3.05) is 23.3 Å². The smallest absolute Gasteiger partial charge is 0.262 e. The van der Waals surface area contributed by atoms with Crippen molar-refractivity contribution in [1.29, 1.82) is 0 Å². The van der Waals surface area contributed by atoms with Crippen LogP contribution >= 0.6 is 0 Å². The number of pyridine rings is 2. The Morgan fingerprint density at radius 3 is 2.73 bits per heavy atom. The van der Waals surface area contributed by atoms with Crippen molar-refractivity contribution in [3.8, 4) is 0 Å². The van der Waals surface area contributed by atoms with Crippen molar-refractivity contribution < 1.29 is 4.79 Å². The molecule has 0 radical (unpaired) electrons. The third-order valence-electron chi connectivity index (χ3n) is 5.65. The summed E-state index contributed by atoms with van der Waals surface area (Å²) in [6.45, 7) is 8.55. The number of carbonyl (C=O) groups is 1. The maximum absolute atomic E-state index is 12.9. The molecule has 1 fully saturated rings. The molecule has 0 bridgehead atoms. The minimum absolute atomic E-state index is 0.0713. The third kappa shape index (κ3) is 3.90. The second-order valence-electron chi connectivity index (χ2n) is 7.87. The van der Waals surface area contributed by atoms with Crippen LogP contribution in [0.5, 0.6) is 0 Å². The maximum Gasteiger partial charge on any atom is 0.262 e. The van der Waals surface area contributed by atoms with Gasteiger partial charge < -0.3 is 14.8 Å². The van der Waals surface area contributed by atoms with Crippen molar-refractivity contribution in [3.63, 3.8) is 0 Å². The number of fused-ring (bicyclic) bond motifs is 1. The highest BCUT2D eigenvalue weighted by molar-refractivity contribution is 6.05. The predicted molar refractivity (Wildman–Crippen MR) is 117 cm³/mol. The monoisotopic (exact) mass is 406 g/mol. The molecule has 0 aromatic carbocycles. The van der Waals surface area contributed by atoms with Gasteiger partial charge in [-0.05, 0) is 44.7 Å². The summed E-state index contributed by atoms with van der Waals surface area (Å²) < 4.78 is 1.82. The number of nitrogens with one attached hydrogen (secondary N) is 1. The first-order valence-electron chi connectivity index (χ1n) is 10.4. The number of carbonyl (C=O) groups excluding carboxylic acids is 1. The van der Waals surface area contributed by atoms with Crippen LogP contribution in [0.1, 0.15) is 42.7 Å². The summed E-state index contributed by atoms with van der Waals surface area (Å²) in [7, 11) is 0. The second-order valence-corrected chi connectivity index (χ2v) is 7.87. The van der Waals surface area contributed by atoms with Crippen LogP contribution in [0.2, 0.25) is 0 Å². The van der Waals surface area contributed by atoms with Crippen molar-refractivity contribution in [2.45, 2.75) is 40.2 Å². The van der Waals surface area contributed by atoms with Crippen LogP contribution in [-0.4, -0.2) is 38.5 Å². The quantitative estimate of drug-likeness (QED) is 0.716. The van der Waals surface area contributed by atoms with Crippen molar-refractivity contribution in [1.82, 2.24) is 19.5 Å². The number of hydrogen-bond acceptors (Lipinski definition) is 6. The highest BCUT2D eigenvalue weighted by Gasteiger charge is 2.19. The molecule has 0 saturated carbocycles. The van der Waals surface area contributed by atoms with E-state index in [0.717, 1.165) is 37.4 Å². The first kappa shape index (κ1) is 20.0. The summed E-state index contributed by atoms with van der Waals surface area (Å²) in [5.41, 5.74) is 1.14. The molecule has 1 aliphatic heterocycles. The fraction of sp³-hybridized carbons (Fsp3) is 0.409. The fourth-order valence-electron chi connectivity index (χ4n) is 3.77. The van der Waals surface area contributed by atoms with Gasteiger partial charge in [0.25, 0.3) is 5.91 Å². The molecule has 0 aliphatic carbocycles. The number of rotatable bonds is 4. The number of hydrogen-bond donors (Lipinski definition) is 1. The molecule has 4 heterocycles. The molecule has 8 heteroatoms. The van der Waals surface area contributed by atoms with Crippen LogP contribution in [0.25, 0.3) is 11.0 Å². The molecule has 3 aromatic rings. The lowest BCUT2D eigenvalue weighted by atomic mass is 9.99. The molecular formula is C22H26N6O2. The summed E-state index contributed by atoms with van der Waals surface area (Å²) in [4.78, 5) is 41.0. The number of aromatic nitrogens is 4. The van der Waals surface area contributed by atoms with Crippen LogP contribution < -0.4 is 15.6 Å². The van der Waals surface area contributed by atoms with E-state index >= 15 is 0 Å². The normalized spacial score (nSPS) is 14.8. The Morgan fingerprint density at radius 2 is 2.00 bits per heavy atom. The van der Waals surface area contributed by atoms with Gasteiger partial charge in [0.05, 0.1) is 5.39 Å². The summed E-state index contributed by atoms with van der Waals surface area (Å²) in [6.07, 6.45) is 5.25. The van der Waals surface area contributed by atoms with Crippen molar-refractivity contribution in [3.05, 3.63) is 52.2 Å². The van der Waals surface area contributed by atoms with E-state index in [4.69, 9.17) is 0 Å². The van der Waals surface area contributed by atoms with E-state index in [0.29, 0.717) is 29.3 Å². The highest BCUT2D eigenvalue weighted by atomic mass is 16.2. The Kier molecular flexibility index (Phi) is 5.48. The van der Waals surface area contributed by atoms with E-state index in [2.05, 4.69) is 32.1 Å². The van der Waals surface area contributed by atoms with Gasteiger partial charge in [-0.2, -0.15) is 0 Å².